The highest BCUT2D eigenvalue weighted by Gasteiger charge is 2.24. The molecule has 0 fully saturated rings. The van der Waals surface area contributed by atoms with Crippen LogP contribution in [0.4, 0.5) is 0 Å². The van der Waals surface area contributed by atoms with Gasteiger partial charge in [-0.2, -0.15) is 0 Å². The number of hydrogen-bond donors (Lipinski definition) is 0. The molecule has 59 heavy (non-hydrogen) atoms. The van der Waals surface area contributed by atoms with Gasteiger partial charge in [0.1, 0.15) is 11.2 Å². The van der Waals surface area contributed by atoms with E-state index in [9.17, 15) is 0 Å². The summed E-state index contributed by atoms with van der Waals surface area (Å²) in [6.45, 7) is 0. The van der Waals surface area contributed by atoms with Gasteiger partial charge in [-0.1, -0.05) is 146 Å². The number of thiophene rings is 1. The second-order valence-corrected chi connectivity index (χ2v) is 16.1. The first-order valence-corrected chi connectivity index (χ1v) is 20.6. The second-order valence-electron chi connectivity index (χ2n) is 15.1. The van der Waals surface area contributed by atoms with Crippen LogP contribution in [0.5, 0.6) is 0 Å². The third-order valence-electron chi connectivity index (χ3n) is 11.8. The van der Waals surface area contributed by atoms with Crippen molar-refractivity contribution in [3.63, 3.8) is 0 Å². The Balaban J connectivity index is 1.10. The van der Waals surface area contributed by atoms with E-state index >= 15 is 0 Å². The van der Waals surface area contributed by atoms with Gasteiger partial charge in [0.2, 0.25) is 0 Å². The van der Waals surface area contributed by atoms with Crippen LogP contribution >= 0.6 is 11.3 Å². The molecule has 13 rings (SSSR count). The average molecular weight is 771 g/mol. The van der Waals surface area contributed by atoms with Gasteiger partial charge in [-0.3, -0.25) is 0 Å². The topological polar surface area (TPSA) is 56.7 Å². The Morgan fingerprint density at radius 1 is 0.424 bits per heavy atom. The predicted molar refractivity (Wildman–Crippen MR) is 246 cm³/mol. The number of hydrogen-bond acceptors (Lipinski definition) is 5. The highest BCUT2D eigenvalue weighted by molar-refractivity contribution is 7.27. The summed E-state index contributed by atoms with van der Waals surface area (Å²) >= 11 is 1.88. The molecule has 9 aromatic carbocycles. The van der Waals surface area contributed by atoms with Crippen LogP contribution < -0.4 is 0 Å². The van der Waals surface area contributed by atoms with Crippen molar-refractivity contribution in [2.45, 2.75) is 0 Å². The molecule has 0 saturated heterocycles. The quantitative estimate of drug-likeness (QED) is 0.179. The van der Waals surface area contributed by atoms with E-state index in [-0.39, 0.29) is 0 Å². The minimum absolute atomic E-state index is 0.600. The lowest BCUT2D eigenvalue weighted by molar-refractivity contribution is 0.668. The molecule has 274 valence electrons. The Morgan fingerprint density at radius 3 is 1.83 bits per heavy atom. The molecule has 0 atom stereocenters. The van der Waals surface area contributed by atoms with E-state index in [0.29, 0.717) is 17.5 Å². The molecule has 0 spiro atoms. The van der Waals surface area contributed by atoms with Gasteiger partial charge in [0.05, 0.1) is 15.7 Å². The summed E-state index contributed by atoms with van der Waals surface area (Å²) in [7, 11) is 0. The Hall–Kier alpha value is -7.67. The monoisotopic (exact) mass is 770 g/mol. The lowest BCUT2D eigenvalue weighted by Crippen LogP contribution is -2.00. The largest absolute Gasteiger partial charge is 0.456 e. The number of fused-ring (bicyclic) bond motifs is 15. The van der Waals surface area contributed by atoms with Crippen molar-refractivity contribution in [3.8, 4) is 39.9 Å². The van der Waals surface area contributed by atoms with E-state index in [4.69, 9.17) is 19.4 Å². The van der Waals surface area contributed by atoms with Crippen LogP contribution in [0.2, 0.25) is 0 Å². The molecular formula is C53H30N4OS. The summed E-state index contributed by atoms with van der Waals surface area (Å²) in [6, 6.07) is 64.1. The Labute approximate surface area is 341 Å². The first-order chi connectivity index (χ1) is 29.3. The van der Waals surface area contributed by atoms with Gasteiger partial charge < -0.3 is 8.98 Å². The van der Waals surface area contributed by atoms with Crippen LogP contribution in [0.3, 0.4) is 0 Å². The molecule has 0 amide bonds. The summed E-state index contributed by atoms with van der Waals surface area (Å²) in [6.07, 6.45) is 0. The number of furan rings is 1. The minimum atomic E-state index is 0.600. The molecule has 0 aliphatic rings. The van der Waals surface area contributed by atoms with Crippen LogP contribution in [0, 0.1) is 0 Å². The van der Waals surface area contributed by atoms with Crippen molar-refractivity contribution in [3.05, 3.63) is 182 Å². The van der Waals surface area contributed by atoms with Crippen LogP contribution in [0.15, 0.2) is 186 Å². The molecule has 4 heterocycles. The number of aromatic nitrogens is 4. The van der Waals surface area contributed by atoms with E-state index in [2.05, 4.69) is 114 Å². The molecule has 0 aliphatic heterocycles. The Kier molecular flexibility index (Phi) is 6.82. The van der Waals surface area contributed by atoms with Crippen LogP contribution in [-0.4, -0.2) is 19.5 Å². The summed E-state index contributed by atoms with van der Waals surface area (Å²) in [5.74, 6) is 1.85. The molecule has 5 nitrogen and oxygen atoms in total. The maximum atomic E-state index is 6.80. The zero-order chi connectivity index (χ0) is 38.6. The highest BCUT2D eigenvalue weighted by Crippen LogP contribution is 2.49. The predicted octanol–water partition coefficient (Wildman–Crippen LogP) is 14.5. The number of nitrogens with zero attached hydrogens (tertiary/aromatic N) is 4. The first kappa shape index (κ1) is 32.4. The molecule has 0 unspecified atom stereocenters. The van der Waals surface area contributed by atoms with Crippen molar-refractivity contribution < 1.29 is 4.42 Å². The second kappa shape index (κ2) is 12.4. The lowest BCUT2D eigenvalue weighted by atomic mass is 9.97. The van der Waals surface area contributed by atoms with Crippen molar-refractivity contribution in [2.75, 3.05) is 0 Å². The van der Waals surface area contributed by atoms with Crippen LogP contribution in [0.25, 0.3) is 125 Å². The smallest absolute Gasteiger partial charge is 0.164 e. The van der Waals surface area contributed by atoms with Crippen molar-refractivity contribution in [2.24, 2.45) is 0 Å². The SMILES string of the molecule is c1ccc(-c2nc(-c3ccccc3)nc(-c3cccc4oc5cc(-n6c7ccc8ccccc8c7c7c8ccccc8c8c9ccccc9sc8c76)ccc5c34)n2)cc1. The zero-order valence-corrected chi connectivity index (χ0v) is 32.2. The minimum Gasteiger partial charge on any atom is -0.456 e. The van der Waals surface area contributed by atoms with E-state index < -0.39 is 0 Å². The van der Waals surface area contributed by atoms with E-state index in [1.807, 2.05) is 84.1 Å². The first-order valence-electron chi connectivity index (χ1n) is 19.8. The Morgan fingerprint density at radius 2 is 1.07 bits per heavy atom. The fourth-order valence-corrected chi connectivity index (χ4v) is 10.5. The molecule has 13 aromatic rings. The third-order valence-corrected chi connectivity index (χ3v) is 13.0. The summed E-state index contributed by atoms with van der Waals surface area (Å²) < 4.78 is 11.8. The molecule has 0 N–H and O–H groups in total. The lowest BCUT2D eigenvalue weighted by Gasteiger charge is -2.11. The normalized spacial score (nSPS) is 12.1. The Bertz CT molecular complexity index is 3790. The van der Waals surface area contributed by atoms with E-state index in [1.165, 1.54) is 58.0 Å². The molecule has 0 aliphatic carbocycles. The van der Waals surface area contributed by atoms with Crippen molar-refractivity contribution >= 4 is 96.8 Å². The summed E-state index contributed by atoms with van der Waals surface area (Å²) in [4.78, 5) is 15.1. The highest BCUT2D eigenvalue weighted by atomic mass is 32.1. The van der Waals surface area contributed by atoms with Gasteiger partial charge in [0, 0.05) is 65.5 Å². The van der Waals surface area contributed by atoms with Gasteiger partial charge in [-0.05, 0) is 51.9 Å². The van der Waals surface area contributed by atoms with Gasteiger partial charge in [0.15, 0.2) is 17.5 Å². The van der Waals surface area contributed by atoms with Gasteiger partial charge in [-0.15, -0.1) is 11.3 Å². The molecule has 0 bridgehead atoms. The van der Waals surface area contributed by atoms with Gasteiger partial charge >= 0.3 is 0 Å². The maximum absolute atomic E-state index is 6.80. The van der Waals surface area contributed by atoms with Gasteiger partial charge in [0.25, 0.3) is 0 Å². The van der Waals surface area contributed by atoms with Crippen LogP contribution in [-0.2, 0) is 0 Å². The maximum Gasteiger partial charge on any atom is 0.164 e. The fourth-order valence-electron chi connectivity index (χ4n) is 9.27. The summed E-state index contributed by atoms with van der Waals surface area (Å²) in [5.41, 5.74) is 7.76. The summed E-state index contributed by atoms with van der Waals surface area (Å²) in [5, 5.41) is 12.1. The molecule has 0 radical (unpaired) electrons. The average Bonchev–Trinajstić information content (AvgIpc) is 3.99. The van der Waals surface area contributed by atoms with Crippen LogP contribution in [0.1, 0.15) is 0 Å². The molecule has 4 aromatic heterocycles. The standard InChI is InChI=1S/C53H30N4OS/c1-3-15-32(16-4-1)51-54-52(33-17-5-2-6-18-33)56-53(55-51)40-23-13-24-42-45(40)38-28-27-34(30-43(38)58-42)57-41-29-26-31-14-7-8-19-35(31)47(41)48-37-21-10-9-20-36(37)46-39-22-11-12-25-44(39)59-50(46)49(48)57/h1-30H. The number of benzene rings is 9. The molecule has 6 heteroatoms. The molecular weight excluding hydrogens is 741 g/mol. The third kappa shape index (κ3) is 4.75. The zero-order valence-electron chi connectivity index (χ0n) is 31.4. The van der Waals surface area contributed by atoms with E-state index in [0.717, 1.165) is 49.8 Å². The molecule has 0 saturated carbocycles. The van der Waals surface area contributed by atoms with Gasteiger partial charge in [-0.25, -0.2) is 15.0 Å². The fraction of sp³-hybridized carbons (Fsp3) is 0. The number of rotatable bonds is 4. The van der Waals surface area contributed by atoms with Crippen molar-refractivity contribution in [1.29, 1.82) is 0 Å². The van der Waals surface area contributed by atoms with E-state index in [1.54, 1.807) is 0 Å². The van der Waals surface area contributed by atoms with Crippen molar-refractivity contribution in [1.82, 2.24) is 19.5 Å².